The monoisotopic (exact) mass is 421 g/mol. The highest BCUT2D eigenvalue weighted by atomic mass is 16.3. The number of carbonyl (C=O) groups is 2. The molecule has 1 aliphatic heterocycles. The molecule has 0 bridgehead atoms. The molecule has 1 saturated heterocycles. The summed E-state index contributed by atoms with van der Waals surface area (Å²) in [5, 5.41) is 16.4. The number of rotatable bonds is 8. The van der Waals surface area contributed by atoms with Gasteiger partial charge >= 0.3 is 0 Å². The second-order valence-corrected chi connectivity index (χ2v) is 8.61. The Balaban J connectivity index is 1.17. The first kappa shape index (κ1) is 21.5. The van der Waals surface area contributed by atoms with E-state index < -0.39 is 6.10 Å². The fourth-order valence-electron chi connectivity index (χ4n) is 4.42. The molecule has 4 rings (SSSR count). The van der Waals surface area contributed by atoms with Crippen molar-refractivity contribution >= 4 is 11.8 Å². The van der Waals surface area contributed by atoms with Gasteiger partial charge in [-0.05, 0) is 54.5 Å². The first-order chi connectivity index (χ1) is 15.1. The highest BCUT2D eigenvalue weighted by Crippen LogP contribution is 2.21. The summed E-state index contributed by atoms with van der Waals surface area (Å²) in [7, 11) is 0. The molecule has 1 heterocycles. The zero-order chi connectivity index (χ0) is 21.6. The highest BCUT2D eigenvalue weighted by molar-refractivity contribution is 5.94. The van der Waals surface area contributed by atoms with Crippen molar-refractivity contribution in [1.82, 2.24) is 15.5 Å². The number of aliphatic hydroxyl groups excluding tert-OH is 1. The Morgan fingerprint density at radius 2 is 1.61 bits per heavy atom. The summed E-state index contributed by atoms with van der Waals surface area (Å²) >= 11 is 0. The number of aliphatic hydroxyl groups is 1. The van der Waals surface area contributed by atoms with Gasteiger partial charge in [0.25, 0.3) is 5.91 Å². The molecule has 0 radical (unpaired) electrons. The maximum absolute atomic E-state index is 12.4. The van der Waals surface area contributed by atoms with Crippen LogP contribution in [0, 0.1) is 0 Å². The minimum Gasteiger partial charge on any atom is -0.390 e. The highest BCUT2D eigenvalue weighted by Gasteiger charge is 2.21. The maximum Gasteiger partial charge on any atom is 0.251 e. The fraction of sp³-hybridized carbons (Fsp3) is 0.440. The summed E-state index contributed by atoms with van der Waals surface area (Å²) in [4.78, 5) is 26.5. The van der Waals surface area contributed by atoms with Gasteiger partial charge in [-0.25, -0.2) is 0 Å². The molecule has 3 N–H and O–H groups in total. The molecule has 6 nitrogen and oxygen atoms in total. The smallest absolute Gasteiger partial charge is 0.251 e. The zero-order valence-electron chi connectivity index (χ0n) is 17.8. The third-order valence-corrected chi connectivity index (χ3v) is 6.22. The molecule has 2 amide bonds. The van der Waals surface area contributed by atoms with Crippen molar-refractivity contribution < 1.29 is 14.7 Å². The Morgan fingerprint density at radius 3 is 2.26 bits per heavy atom. The first-order valence-electron chi connectivity index (χ1n) is 11.2. The molecule has 0 aromatic heterocycles. The number of likely N-dealkylation sites (tertiary alicyclic amines) is 1. The van der Waals surface area contributed by atoms with E-state index in [2.05, 4.69) is 34.9 Å². The van der Waals surface area contributed by atoms with Crippen LogP contribution in [0.2, 0.25) is 0 Å². The van der Waals surface area contributed by atoms with Gasteiger partial charge in [0.2, 0.25) is 5.91 Å². The number of carbonyl (C=O) groups excluding carboxylic acids is 2. The van der Waals surface area contributed by atoms with Gasteiger partial charge in [0.15, 0.2) is 0 Å². The van der Waals surface area contributed by atoms with Gasteiger partial charge in [-0.2, -0.15) is 0 Å². The SMILES string of the molecule is O=C(NC[C@@H](O)CNC1Cc2ccccc2C1)c1ccc(CC(=O)N2CCCC2)cc1. The van der Waals surface area contributed by atoms with Crippen LogP contribution in [0.1, 0.15) is 39.9 Å². The van der Waals surface area contributed by atoms with Crippen LogP contribution in [0.4, 0.5) is 0 Å². The second kappa shape index (κ2) is 10.1. The minimum atomic E-state index is -0.648. The van der Waals surface area contributed by atoms with E-state index in [9.17, 15) is 14.7 Å². The normalized spacial score (nSPS) is 16.9. The van der Waals surface area contributed by atoms with Gasteiger partial charge in [0.1, 0.15) is 0 Å². The molecule has 2 aromatic rings. The Hall–Kier alpha value is -2.70. The van der Waals surface area contributed by atoms with E-state index in [1.54, 1.807) is 12.1 Å². The molecule has 0 saturated carbocycles. The minimum absolute atomic E-state index is 0.149. The van der Waals surface area contributed by atoms with E-state index in [-0.39, 0.29) is 18.4 Å². The number of nitrogens with one attached hydrogen (secondary N) is 2. The van der Waals surface area contributed by atoms with Crippen LogP contribution in [0.25, 0.3) is 0 Å². The molecule has 2 aromatic carbocycles. The van der Waals surface area contributed by atoms with E-state index >= 15 is 0 Å². The lowest BCUT2D eigenvalue weighted by molar-refractivity contribution is -0.129. The van der Waals surface area contributed by atoms with Crippen LogP contribution in [0.5, 0.6) is 0 Å². The summed E-state index contributed by atoms with van der Waals surface area (Å²) in [6.07, 6.45) is 3.84. The Bertz CT molecular complexity index is 881. The zero-order valence-corrected chi connectivity index (χ0v) is 17.8. The van der Waals surface area contributed by atoms with Crippen LogP contribution >= 0.6 is 0 Å². The lowest BCUT2D eigenvalue weighted by Gasteiger charge is -2.17. The van der Waals surface area contributed by atoms with Crippen molar-refractivity contribution in [2.24, 2.45) is 0 Å². The maximum atomic E-state index is 12.4. The summed E-state index contributed by atoms with van der Waals surface area (Å²) in [5.41, 5.74) is 4.18. The molecule has 31 heavy (non-hydrogen) atoms. The van der Waals surface area contributed by atoms with Crippen LogP contribution in [0.3, 0.4) is 0 Å². The Morgan fingerprint density at radius 1 is 0.968 bits per heavy atom. The number of hydrogen-bond donors (Lipinski definition) is 3. The summed E-state index contributed by atoms with van der Waals surface area (Å²) < 4.78 is 0. The van der Waals surface area contributed by atoms with Crippen molar-refractivity contribution in [3.05, 3.63) is 70.8 Å². The van der Waals surface area contributed by atoms with Gasteiger partial charge in [0.05, 0.1) is 12.5 Å². The number of amides is 2. The van der Waals surface area contributed by atoms with Gasteiger partial charge in [-0.15, -0.1) is 0 Å². The Kier molecular flexibility index (Phi) is 6.99. The second-order valence-electron chi connectivity index (χ2n) is 8.61. The van der Waals surface area contributed by atoms with E-state index in [0.717, 1.165) is 44.3 Å². The molecule has 1 fully saturated rings. The third kappa shape index (κ3) is 5.71. The van der Waals surface area contributed by atoms with Crippen LogP contribution in [-0.4, -0.2) is 60.1 Å². The molecule has 0 unspecified atom stereocenters. The predicted octanol–water partition coefficient (Wildman–Crippen LogP) is 1.70. The van der Waals surface area contributed by atoms with E-state index in [0.29, 0.717) is 24.6 Å². The fourth-order valence-corrected chi connectivity index (χ4v) is 4.42. The van der Waals surface area contributed by atoms with Crippen molar-refractivity contribution in [3.8, 4) is 0 Å². The van der Waals surface area contributed by atoms with Crippen molar-refractivity contribution in [3.63, 3.8) is 0 Å². The first-order valence-corrected chi connectivity index (χ1v) is 11.2. The van der Waals surface area contributed by atoms with Gasteiger partial charge in [0, 0.05) is 37.8 Å². The number of hydrogen-bond acceptors (Lipinski definition) is 4. The quantitative estimate of drug-likeness (QED) is 0.606. The molecule has 0 spiro atoms. The lowest BCUT2D eigenvalue weighted by atomic mass is 10.1. The molecule has 1 aliphatic carbocycles. The van der Waals surface area contributed by atoms with Gasteiger partial charge in [-0.3, -0.25) is 9.59 Å². The number of nitrogens with zero attached hydrogens (tertiary/aromatic N) is 1. The largest absolute Gasteiger partial charge is 0.390 e. The van der Waals surface area contributed by atoms with Crippen LogP contribution < -0.4 is 10.6 Å². The molecule has 2 aliphatic rings. The van der Waals surface area contributed by atoms with E-state index in [1.165, 1.54) is 11.1 Å². The van der Waals surface area contributed by atoms with E-state index in [4.69, 9.17) is 0 Å². The number of fused-ring (bicyclic) bond motifs is 1. The lowest BCUT2D eigenvalue weighted by Crippen LogP contribution is -2.41. The van der Waals surface area contributed by atoms with Crippen LogP contribution in [-0.2, 0) is 24.1 Å². The standard InChI is InChI=1S/C25H31N3O3/c29-23(16-26-22-14-20-5-1-2-6-21(20)15-22)17-27-25(31)19-9-7-18(8-10-19)13-24(30)28-11-3-4-12-28/h1-2,5-10,22-23,26,29H,3-4,11-17H2,(H,27,31)/t23-/m0/s1. The molecule has 164 valence electrons. The molecular formula is C25H31N3O3. The summed E-state index contributed by atoms with van der Waals surface area (Å²) in [6.45, 7) is 2.34. The molecular weight excluding hydrogens is 390 g/mol. The number of benzene rings is 2. The van der Waals surface area contributed by atoms with Crippen molar-refractivity contribution in [2.45, 2.75) is 44.2 Å². The molecule has 6 heteroatoms. The topological polar surface area (TPSA) is 81.7 Å². The average Bonchev–Trinajstić information content (AvgIpc) is 3.46. The third-order valence-electron chi connectivity index (χ3n) is 6.22. The summed E-state index contributed by atoms with van der Waals surface area (Å²) in [5.74, 6) is -0.0691. The van der Waals surface area contributed by atoms with Gasteiger partial charge in [-0.1, -0.05) is 36.4 Å². The predicted molar refractivity (Wildman–Crippen MR) is 120 cm³/mol. The average molecular weight is 422 g/mol. The summed E-state index contributed by atoms with van der Waals surface area (Å²) in [6, 6.07) is 15.9. The van der Waals surface area contributed by atoms with Gasteiger partial charge < -0.3 is 20.6 Å². The van der Waals surface area contributed by atoms with E-state index in [1.807, 2.05) is 17.0 Å². The van der Waals surface area contributed by atoms with Crippen molar-refractivity contribution in [1.29, 1.82) is 0 Å². The Labute approximate surface area is 183 Å². The van der Waals surface area contributed by atoms with Crippen LogP contribution in [0.15, 0.2) is 48.5 Å². The molecule has 1 atom stereocenters. The van der Waals surface area contributed by atoms with Crippen molar-refractivity contribution in [2.75, 3.05) is 26.2 Å².